The van der Waals surface area contributed by atoms with E-state index in [0.29, 0.717) is 18.2 Å². The van der Waals surface area contributed by atoms with Crippen molar-refractivity contribution < 1.29 is 40.6 Å². The van der Waals surface area contributed by atoms with Crippen molar-refractivity contribution in [2.45, 2.75) is 18.0 Å². The standard InChI is InChI=1S/C17H14F4O5S/c1-2-27(24,25)11-4-5-12(14(18)8-11)13-7-10(17(19,20)21)3-6-15(13)26-9-16(22)23/h3-8H,2,9H2,1H3,(H,22,23). The Morgan fingerprint density at radius 2 is 1.78 bits per heavy atom. The van der Waals surface area contributed by atoms with Gasteiger partial charge in [-0.25, -0.2) is 17.6 Å². The van der Waals surface area contributed by atoms with Crippen LogP contribution in [0.5, 0.6) is 5.75 Å². The van der Waals surface area contributed by atoms with E-state index < -0.39 is 40.0 Å². The summed E-state index contributed by atoms with van der Waals surface area (Å²) in [6.45, 7) is 0.522. The summed E-state index contributed by atoms with van der Waals surface area (Å²) in [6, 6.07) is 4.96. The van der Waals surface area contributed by atoms with E-state index in [0.717, 1.165) is 18.2 Å². The molecule has 0 saturated heterocycles. The summed E-state index contributed by atoms with van der Waals surface area (Å²) in [5, 5.41) is 8.68. The third kappa shape index (κ3) is 4.76. The predicted molar refractivity (Wildman–Crippen MR) is 87.7 cm³/mol. The van der Waals surface area contributed by atoms with Crippen LogP contribution < -0.4 is 4.74 Å². The molecule has 0 aliphatic rings. The van der Waals surface area contributed by atoms with Gasteiger partial charge in [-0.1, -0.05) is 13.0 Å². The first-order valence-electron chi connectivity index (χ1n) is 7.54. The van der Waals surface area contributed by atoms with Gasteiger partial charge >= 0.3 is 12.1 Å². The largest absolute Gasteiger partial charge is 0.481 e. The fourth-order valence-electron chi connectivity index (χ4n) is 2.26. The molecule has 27 heavy (non-hydrogen) atoms. The van der Waals surface area contributed by atoms with Crippen LogP contribution in [0.25, 0.3) is 11.1 Å². The van der Waals surface area contributed by atoms with E-state index in [4.69, 9.17) is 9.84 Å². The minimum Gasteiger partial charge on any atom is -0.481 e. The number of hydrogen-bond acceptors (Lipinski definition) is 4. The molecule has 2 aromatic rings. The highest BCUT2D eigenvalue weighted by molar-refractivity contribution is 7.91. The normalized spacial score (nSPS) is 12.0. The Kier molecular flexibility index (Phi) is 5.79. The Hall–Kier alpha value is -2.62. The molecule has 1 N–H and O–H groups in total. The molecule has 0 spiro atoms. The molecule has 2 aromatic carbocycles. The second-order valence-corrected chi connectivity index (χ2v) is 7.71. The number of sulfone groups is 1. The van der Waals surface area contributed by atoms with Crippen molar-refractivity contribution in [1.29, 1.82) is 0 Å². The minimum absolute atomic E-state index is 0.275. The van der Waals surface area contributed by atoms with Crippen LogP contribution in [0, 0.1) is 5.82 Å². The number of alkyl halides is 3. The molecule has 146 valence electrons. The van der Waals surface area contributed by atoms with Crippen molar-refractivity contribution in [1.82, 2.24) is 0 Å². The lowest BCUT2D eigenvalue weighted by Crippen LogP contribution is -2.11. The summed E-state index contributed by atoms with van der Waals surface area (Å²) >= 11 is 0. The van der Waals surface area contributed by atoms with Crippen LogP contribution in [0.1, 0.15) is 12.5 Å². The Morgan fingerprint density at radius 3 is 2.30 bits per heavy atom. The van der Waals surface area contributed by atoms with Gasteiger partial charge < -0.3 is 9.84 Å². The van der Waals surface area contributed by atoms with Gasteiger partial charge in [-0.15, -0.1) is 0 Å². The van der Waals surface area contributed by atoms with Gasteiger partial charge in [-0.2, -0.15) is 13.2 Å². The number of hydrogen-bond donors (Lipinski definition) is 1. The first-order valence-corrected chi connectivity index (χ1v) is 9.19. The fraction of sp³-hybridized carbons (Fsp3) is 0.235. The Labute approximate surface area is 152 Å². The summed E-state index contributed by atoms with van der Waals surface area (Å²) in [7, 11) is -3.71. The molecule has 0 saturated carbocycles. The lowest BCUT2D eigenvalue weighted by atomic mass is 10.0. The highest BCUT2D eigenvalue weighted by atomic mass is 32.2. The Bertz CT molecular complexity index is 968. The summed E-state index contributed by atoms with van der Waals surface area (Å²) in [4.78, 5) is 10.3. The average molecular weight is 406 g/mol. The first kappa shape index (κ1) is 20.7. The number of carboxylic acids is 1. The van der Waals surface area contributed by atoms with Crippen LogP contribution in [0.3, 0.4) is 0 Å². The van der Waals surface area contributed by atoms with Gasteiger partial charge in [0.25, 0.3) is 0 Å². The van der Waals surface area contributed by atoms with Gasteiger partial charge in [0, 0.05) is 11.1 Å². The zero-order valence-electron chi connectivity index (χ0n) is 13.9. The van der Waals surface area contributed by atoms with Crippen LogP contribution in [-0.2, 0) is 20.8 Å². The summed E-state index contributed by atoms with van der Waals surface area (Å²) in [5.74, 6) is -3.01. The van der Waals surface area contributed by atoms with E-state index in [9.17, 15) is 30.8 Å². The SMILES string of the molecule is CCS(=O)(=O)c1ccc(-c2cc(C(F)(F)F)ccc2OCC(=O)O)c(F)c1. The molecular formula is C17H14F4O5S. The Morgan fingerprint density at radius 1 is 1.11 bits per heavy atom. The maximum Gasteiger partial charge on any atom is 0.416 e. The molecule has 0 aliphatic heterocycles. The van der Waals surface area contributed by atoms with E-state index in [2.05, 4.69) is 0 Å². The molecule has 0 aromatic heterocycles. The van der Waals surface area contributed by atoms with E-state index >= 15 is 0 Å². The van der Waals surface area contributed by atoms with E-state index in [1.54, 1.807) is 0 Å². The second kappa shape index (κ2) is 7.55. The smallest absolute Gasteiger partial charge is 0.416 e. The fourth-order valence-corrected chi connectivity index (χ4v) is 3.15. The molecular weight excluding hydrogens is 392 g/mol. The number of halogens is 4. The van der Waals surface area contributed by atoms with Crippen molar-refractivity contribution in [3.63, 3.8) is 0 Å². The number of carboxylic acid groups (broad SMARTS) is 1. The van der Waals surface area contributed by atoms with E-state index in [-0.39, 0.29) is 27.5 Å². The minimum atomic E-state index is -4.72. The van der Waals surface area contributed by atoms with Gasteiger partial charge in [0.15, 0.2) is 16.4 Å². The highest BCUT2D eigenvalue weighted by Gasteiger charge is 2.32. The molecule has 0 atom stereocenters. The molecule has 0 radical (unpaired) electrons. The van der Waals surface area contributed by atoms with Crippen molar-refractivity contribution in [2.75, 3.05) is 12.4 Å². The monoisotopic (exact) mass is 406 g/mol. The van der Waals surface area contributed by atoms with E-state index in [1.165, 1.54) is 6.92 Å². The number of benzene rings is 2. The number of carbonyl (C=O) groups is 1. The first-order chi connectivity index (χ1) is 12.5. The van der Waals surface area contributed by atoms with Crippen molar-refractivity contribution >= 4 is 15.8 Å². The highest BCUT2D eigenvalue weighted by Crippen LogP contribution is 2.38. The topological polar surface area (TPSA) is 80.7 Å². The number of rotatable bonds is 6. The molecule has 0 amide bonds. The van der Waals surface area contributed by atoms with E-state index in [1.807, 2.05) is 0 Å². The van der Waals surface area contributed by atoms with Gasteiger partial charge in [0.1, 0.15) is 11.6 Å². The van der Waals surface area contributed by atoms with Gasteiger partial charge in [-0.05, 0) is 30.3 Å². The zero-order chi connectivity index (χ0) is 20.4. The van der Waals surface area contributed by atoms with Gasteiger partial charge in [-0.3, -0.25) is 0 Å². The number of aliphatic carboxylic acids is 1. The second-order valence-electron chi connectivity index (χ2n) is 5.44. The van der Waals surface area contributed by atoms with Crippen LogP contribution >= 0.6 is 0 Å². The molecule has 0 fully saturated rings. The van der Waals surface area contributed by atoms with Crippen molar-refractivity contribution in [3.05, 3.63) is 47.8 Å². The molecule has 5 nitrogen and oxygen atoms in total. The summed E-state index contributed by atoms with van der Waals surface area (Å²) in [5.41, 5.74) is -1.79. The van der Waals surface area contributed by atoms with Gasteiger partial charge in [0.2, 0.25) is 0 Å². The van der Waals surface area contributed by atoms with Crippen LogP contribution in [0.4, 0.5) is 17.6 Å². The zero-order valence-corrected chi connectivity index (χ0v) is 14.7. The van der Waals surface area contributed by atoms with Gasteiger partial charge in [0.05, 0.1) is 16.2 Å². The third-order valence-electron chi connectivity index (χ3n) is 3.63. The molecule has 0 unspecified atom stereocenters. The molecule has 0 heterocycles. The summed E-state index contributed by atoms with van der Waals surface area (Å²) in [6.07, 6.45) is -4.72. The van der Waals surface area contributed by atoms with Crippen LogP contribution in [-0.4, -0.2) is 31.9 Å². The predicted octanol–water partition coefficient (Wildman–Crippen LogP) is 3.77. The number of ether oxygens (including phenoxy) is 1. The van der Waals surface area contributed by atoms with Crippen LogP contribution in [0.15, 0.2) is 41.3 Å². The molecule has 0 bridgehead atoms. The lowest BCUT2D eigenvalue weighted by molar-refractivity contribution is -0.140. The van der Waals surface area contributed by atoms with Crippen LogP contribution in [0.2, 0.25) is 0 Å². The third-order valence-corrected chi connectivity index (χ3v) is 5.36. The maximum atomic E-state index is 14.5. The lowest BCUT2D eigenvalue weighted by Gasteiger charge is -2.15. The molecule has 10 heteroatoms. The maximum absolute atomic E-state index is 14.5. The quantitative estimate of drug-likeness (QED) is 0.739. The van der Waals surface area contributed by atoms with Crippen molar-refractivity contribution in [2.24, 2.45) is 0 Å². The average Bonchev–Trinajstić information content (AvgIpc) is 2.59. The molecule has 0 aliphatic carbocycles. The Balaban J connectivity index is 2.62. The van der Waals surface area contributed by atoms with Crippen molar-refractivity contribution in [3.8, 4) is 16.9 Å². The summed E-state index contributed by atoms with van der Waals surface area (Å²) < 4.78 is 82.1. The molecule has 2 rings (SSSR count).